The van der Waals surface area contributed by atoms with E-state index in [1.165, 1.54) is 5.56 Å². The highest BCUT2D eigenvalue weighted by Crippen LogP contribution is 2.59. The van der Waals surface area contributed by atoms with Gasteiger partial charge in [-0.25, -0.2) is 9.13 Å². The molecule has 0 spiro atoms. The molecule has 1 aliphatic rings. The first kappa shape index (κ1) is 47.9. The Hall–Kier alpha value is -5.10. The molecule has 65 heavy (non-hydrogen) atoms. The number of para-hydroxylation sites is 3. The van der Waals surface area contributed by atoms with Crippen LogP contribution in [0.5, 0.6) is 23.0 Å². The van der Waals surface area contributed by atoms with Crippen LogP contribution in [0, 0.1) is 11.3 Å². The summed E-state index contributed by atoms with van der Waals surface area (Å²) in [6, 6.07) is 53.4. The van der Waals surface area contributed by atoms with Crippen molar-refractivity contribution in [2.24, 2.45) is 11.3 Å². The molecule has 7 rings (SSSR count). The van der Waals surface area contributed by atoms with Crippen LogP contribution in [0.15, 0.2) is 170 Å². The number of phosphoric acid groups is 2. The Morgan fingerprint density at radius 1 is 0.462 bits per heavy atom. The summed E-state index contributed by atoms with van der Waals surface area (Å²) in [5.41, 5.74) is 1.84. The van der Waals surface area contributed by atoms with Crippen LogP contribution in [0.3, 0.4) is 0 Å². The second-order valence-electron chi connectivity index (χ2n) is 18.2. The first-order valence-corrected chi connectivity index (χ1v) is 25.9. The molecule has 3 atom stereocenters. The van der Waals surface area contributed by atoms with E-state index >= 15 is 0 Å². The summed E-state index contributed by atoms with van der Waals surface area (Å²) in [5.74, 6) is 1.97. The van der Waals surface area contributed by atoms with Gasteiger partial charge < -0.3 is 18.1 Å². The number of phosphoric ester groups is 2. The molecule has 1 saturated carbocycles. The Kier molecular flexibility index (Phi) is 14.9. The first-order chi connectivity index (χ1) is 31.2. The van der Waals surface area contributed by atoms with Gasteiger partial charge in [-0.05, 0) is 127 Å². The molecule has 6 aromatic rings. The molecule has 0 N–H and O–H groups in total. The van der Waals surface area contributed by atoms with Crippen LogP contribution >= 0.6 is 15.6 Å². The molecular formula is C55H64O8P2. The van der Waals surface area contributed by atoms with Crippen LogP contribution in [0.4, 0.5) is 0 Å². The minimum atomic E-state index is -4.27. The zero-order valence-corrected chi connectivity index (χ0v) is 40.6. The summed E-state index contributed by atoms with van der Waals surface area (Å²) in [4.78, 5) is 0. The molecular weight excluding hydrogens is 851 g/mol. The molecule has 0 aliphatic heterocycles. The predicted molar refractivity (Wildman–Crippen MR) is 261 cm³/mol. The Morgan fingerprint density at radius 2 is 0.785 bits per heavy atom. The van der Waals surface area contributed by atoms with Gasteiger partial charge in [-0.2, -0.15) is 0 Å². The lowest BCUT2D eigenvalue weighted by atomic mass is 9.55. The highest BCUT2D eigenvalue weighted by Gasteiger charge is 2.48. The van der Waals surface area contributed by atoms with Gasteiger partial charge in [-0.1, -0.05) is 170 Å². The van der Waals surface area contributed by atoms with Gasteiger partial charge in [0.1, 0.15) is 34.2 Å². The van der Waals surface area contributed by atoms with Crippen molar-refractivity contribution in [1.29, 1.82) is 0 Å². The standard InChI is InChI=1S/C55H64O8P2/c1-8-54(9-2,46-24-16-12-17-25-46)62-65(57,60-50-30-22-15-23-31-50)61-51-38-36-45(37-39-51)53(41-43(5)40-52(6,7)42-53)44-32-34-47(35-33-44)55(10-3,11-4)63-64(56,58-48-26-18-13-19-27-48)59-49-28-20-14-21-29-49/h12-39,43H,8-11,40-42H2,1-7H3. The number of benzene rings is 6. The third kappa shape index (κ3) is 11.1. The maximum atomic E-state index is 15.0. The lowest BCUT2D eigenvalue weighted by Gasteiger charge is -2.49. The smallest absolute Gasteiger partial charge is 0.395 e. The SMILES string of the molecule is CCC(CC)(OP(=O)(Oc1ccccc1)Oc1ccc(C2(c3ccc(C(CC)(CC)OP(=O)(Oc4ccccc4)Oc4ccccc4)cc3)CC(C)CC(C)(C)C2)cc1)c1ccccc1. The van der Waals surface area contributed by atoms with Crippen LogP contribution in [-0.2, 0) is 34.8 Å². The molecule has 10 heteroatoms. The van der Waals surface area contributed by atoms with E-state index < -0.39 is 26.8 Å². The van der Waals surface area contributed by atoms with E-state index in [0.29, 0.717) is 54.6 Å². The van der Waals surface area contributed by atoms with Crippen LogP contribution in [-0.4, -0.2) is 0 Å². The number of rotatable bonds is 20. The minimum absolute atomic E-state index is 0.0373. The third-order valence-corrected chi connectivity index (χ3v) is 15.9. The average molecular weight is 915 g/mol. The Morgan fingerprint density at radius 3 is 1.14 bits per heavy atom. The van der Waals surface area contributed by atoms with Crippen LogP contribution in [0.2, 0.25) is 0 Å². The molecule has 342 valence electrons. The van der Waals surface area contributed by atoms with E-state index in [1.54, 1.807) is 36.4 Å². The molecule has 0 bridgehead atoms. The van der Waals surface area contributed by atoms with E-state index in [4.69, 9.17) is 27.1 Å². The fraction of sp³-hybridized carbons (Fsp3) is 0.345. The predicted octanol–water partition coefficient (Wildman–Crippen LogP) is 16.4. The Labute approximate surface area is 386 Å². The topological polar surface area (TPSA) is 89.5 Å². The summed E-state index contributed by atoms with van der Waals surface area (Å²) in [6.07, 6.45) is 5.08. The van der Waals surface area contributed by atoms with Crippen LogP contribution in [0.1, 0.15) is 116 Å². The third-order valence-electron chi connectivity index (χ3n) is 13.0. The largest absolute Gasteiger partial charge is 0.588 e. The lowest BCUT2D eigenvalue weighted by Crippen LogP contribution is -2.41. The zero-order chi connectivity index (χ0) is 46.2. The number of hydrogen-bond donors (Lipinski definition) is 0. The van der Waals surface area contributed by atoms with Gasteiger partial charge in [0.15, 0.2) is 0 Å². The fourth-order valence-corrected chi connectivity index (χ4v) is 13.4. The molecule has 0 aromatic heterocycles. The summed E-state index contributed by atoms with van der Waals surface area (Å²) in [6.45, 7) is 15.1. The van der Waals surface area contributed by atoms with E-state index in [-0.39, 0.29) is 10.8 Å². The van der Waals surface area contributed by atoms with Gasteiger partial charge in [-0.15, -0.1) is 0 Å². The van der Waals surface area contributed by atoms with Crippen molar-refractivity contribution in [1.82, 2.24) is 0 Å². The van der Waals surface area contributed by atoms with Gasteiger partial charge in [0.25, 0.3) is 0 Å². The normalized spacial score (nSPS) is 18.5. The van der Waals surface area contributed by atoms with E-state index in [2.05, 4.69) is 57.2 Å². The quantitative estimate of drug-likeness (QED) is 0.0700. The highest BCUT2D eigenvalue weighted by molar-refractivity contribution is 7.49. The maximum Gasteiger partial charge on any atom is 0.588 e. The van der Waals surface area contributed by atoms with E-state index in [1.807, 2.05) is 125 Å². The maximum absolute atomic E-state index is 15.0. The van der Waals surface area contributed by atoms with E-state index in [0.717, 1.165) is 36.0 Å². The molecule has 8 nitrogen and oxygen atoms in total. The molecule has 0 radical (unpaired) electrons. The molecule has 1 aliphatic carbocycles. The second kappa shape index (κ2) is 20.2. The van der Waals surface area contributed by atoms with Gasteiger partial charge in [0.2, 0.25) is 0 Å². The van der Waals surface area contributed by atoms with Gasteiger partial charge in [0.05, 0.1) is 0 Å². The van der Waals surface area contributed by atoms with Gasteiger partial charge >= 0.3 is 15.6 Å². The molecule has 0 heterocycles. The van der Waals surface area contributed by atoms with Crippen molar-refractivity contribution < 1.29 is 36.3 Å². The monoisotopic (exact) mass is 914 g/mol. The van der Waals surface area contributed by atoms with Crippen molar-refractivity contribution in [2.45, 2.75) is 110 Å². The van der Waals surface area contributed by atoms with E-state index in [9.17, 15) is 9.13 Å². The summed E-state index contributed by atoms with van der Waals surface area (Å²) < 4.78 is 67.8. The van der Waals surface area contributed by atoms with Crippen molar-refractivity contribution in [3.8, 4) is 23.0 Å². The molecule has 0 saturated heterocycles. The second-order valence-corrected chi connectivity index (χ2v) is 21.1. The Bertz CT molecular complexity index is 2460. The van der Waals surface area contributed by atoms with Gasteiger partial charge in [0, 0.05) is 5.41 Å². The Balaban J connectivity index is 1.23. The van der Waals surface area contributed by atoms with Crippen molar-refractivity contribution in [3.05, 3.63) is 192 Å². The highest BCUT2D eigenvalue weighted by atomic mass is 31.2. The van der Waals surface area contributed by atoms with Crippen molar-refractivity contribution in [2.75, 3.05) is 0 Å². The lowest BCUT2D eigenvalue weighted by molar-refractivity contribution is 0.0276. The minimum Gasteiger partial charge on any atom is -0.395 e. The summed E-state index contributed by atoms with van der Waals surface area (Å²) >= 11 is 0. The fourth-order valence-electron chi connectivity index (χ4n) is 10.0. The van der Waals surface area contributed by atoms with Crippen molar-refractivity contribution >= 4 is 15.6 Å². The van der Waals surface area contributed by atoms with Crippen LogP contribution in [0.25, 0.3) is 0 Å². The number of hydrogen-bond acceptors (Lipinski definition) is 8. The molecule has 0 amide bonds. The molecule has 3 unspecified atom stereocenters. The summed E-state index contributed by atoms with van der Waals surface area (Å²) in [5, 5.41) is 0. The molecule has 1 fully saturated rings. The average Bonchev–Trinajstić information content (AvgIpc) is 3.31. The van der Waals surface area contributed by atoms with Crippen molar-refractivity contribution in [3.63, 3.8) is 0 Å². The van der Waals surface area contributed by atoms with Crippen LogP contribution < -0.4 is 18.1 Å². The van der Waals surface area contributed by atoms with Gasteiger partial charge in [-0.3, -0.25) is 9.05 Å². The molecule has 6 aromatic carbocycles. The zero-order valence-electron chi connectivity index (χ0n) is 38.9. The summed E-state index contributed by atoms with van der Waals surface area (Å²) in [7, 11) is -8.50. The first-order valence-electron chi connectivity index (χ1n) is 23.0.